The van der Waals surface area contributed by atoms with Crippen LogP contribution in [0.15, 0.2) is 33.9 Å². The van der Waals surface area contributed by atoms with E-state index in [1.165, 1.54) is 6.33 Å². The van der Waals surface area contributed by atoms with Gasteiger partial charge in [0.2, 0.25) is 5.82 Å². The summed E-state index contributed by atoms with van der Waals surface area (Å²) in [5, 5.41) is 11.2. The molecule has 124 valence electrons. The van der Waals surface area contributed by atoms with E-state index in [1.807, 2.05) is 16.8 Å². The second kappa shape index (κ2) is 7.04. The third-order valence-electron chi connectivity index (χ3n) is 3.53. The van der Waals surface area contributed by atoms with Crippen LogP contribution in [0.25, 0.3) is 22.8 Å². The molecule has 0 spiro atoms. The number of hydrogen-bond donors (Lipinski definition) is 1. The highest BCUT2D eigenvalue weighted by atomic mass is 32.1. The molecule has 0 aliphatic carbocycles. The molecule has 4 heterocycles. The first-order valence-corrected chi connectivity index (χ1v) is 8.44. The Bertz CT molecular complexity index is 786. The monoisotopic (exact) mass is 345 g/mol. The molecule has 0 amide bonds. The molecular weight excluding hydrogens is 330 g/mol. The van der Waals surface area contributed by atoms with Crippen LogP contribution >= 0.6 is 11.3 Å². The number of nitrogens with zero attached hydrogens (tertiary/aromatic N) is 4. The van der Waals surface area contributed by atoms with E-state index in [0.29, 0.717) is 49.5 Å². The Labute approximate surface area is 141 Å². The summed E-state index contributed by atoms with van der Waals surface area (Å²) in [6, 6.07) is 1.94. The van der Waals surface area contributed by atoms with Crippen molar-refractivity contribution < 1.29 is 14.0 Å². The van der Waals surface area contributed by atoms with Crippen LogP contribution in [0.5, 0.6) is 0 Å². The van der Waals surface area contributed by atoms with Crippen LogP contribution in [0.3, 0.4) is 0 Å². The number of rotatable bonds is 5. The van der Waals surface area contributed by atoms with Gasteiger partial charge in [0.05, 0.1) is 25.9 Å². The van der Waals surface area contributed by atoms with Crippen LogP contribution in [0.4, 0.5) is 5.82 Å². The number of thiophene rings is 1. The molecule has 4 rings (SSSR count). The van der Waals surface area contributed by atoms with Crippen LogP contribution < -0.4 is 5.32 Å². The van der Waals surface area contributed by atoms with Crippen LogP contribution in [-0.2, 0) is 9.47 Å². The Morgan fingerprint density at radius 2 is 2.33 bits per heavy atom. The summed E-state index contributed by atoms with van der Waals surface area (Å²) in [6.07, 6.45) is 3.12. The van der Waals surface area contributed by atoms with Crippen molar-refractivity contribution in [2.75, 3.05) is 31.7 Å². The predicted molar refractivity (Wildman–Crippen MR) is 87.7 cm³/mol. The average molecular weight is 345 g/mol. The van der Waals surface area contributed by atoms with Gasteiger partial charge in [0.25, 0.3) is 5.89 Å². The van der Waals surface area contributed by atoms with Crippen molar-refractivity contribution in [2.24, 2.45) is 0 Å². The van der Waals surface area contributed by atoms with Crippen molar-refractivity contribution in [3.63, 3.8) is 0 Å². The van der Waals surface area contributed by atoms with Gasteiger partial charge in [-0.15, -0.1) is 0 Å². The van der Waals surface area contributed by atoms with Crippen LogP contribution in [0.2, 0.25) is 0 Å². The van der Waals surface area contributed by atoms with E-state index in [2.05, 4.69) is 25.4 Å². The molecule has 8 nitrogen and oxygen atoms in total. The minimum atomic E-state index is -0.00869. The fourth-order valence-electron chi connectivity index (χ4n) is 2.33. The molecule has 0 saturated carbocycles. The van der Waals surface area contributed by atoms with Crippen LogP contribution in [0, 0.1) is 0 Å². The second-order valence-electron chi connectivity index (χ2n) is 5.17. The molecule has 0 bridgehead atoms. The first kappa shape index (κ1) is 15.2. The second-order valence-corrected chi connectivity index (χ2v) is 5.95. The maximum absolute atomic E-state index is 5.62. The van der Waals surface area contributed by atoms with Gasteiger partial charge in [-0.25, -0.2) is 9.97 Å². The van der Waals surface area contributed by atoms with E-state index in [9.17, 15) is 0 Å². The van der Waals surface area contributed by atoms with Crippen LogP contribution in [0.1, 0.15) is 0 Å². The van der Waals surface area contributed by atoms with Gasteiger partial charge in [-0.05, 0) is 11.4 Å². The number of aromatic nitrogens is 4. The van der Waals surface area contributed by atoms with E-state index in [-0.39, 0.29) is 6.10 Å². The Morgan fingerprint density at radius 3 is 3.17 bits per heavy atom. The highest BCUT2D eigenvalue weighted by molar-refractivity contribution is 7.08. The van der Waals surface area contributed by atoms with Crippen molar-refractivity contribution in [1.29, 1.82) is 0 Å². The SMILES string of the molecule is c1ncc(-c2nc(-c3ccsc3)no2)c(NC[C@H]2COCCO2)n1. The van der Waals surface area contributed by atoms with Gasteiger partial charge in [-0.1, -0.05) is 5.16 Å². The van der Waals surface area contributed by atoms with Gasteiger partial charge >= 0.3 is 0 Å². The van der Waals surface area contributed by atoms with Gasteiger partial charge in [0, 0.05) is 23.7 Å². The van der Waals surface area contributed by atoms with Crippen molar-refractivity contribution in [3.8, 4) is 22.8 Å². The minimum absolute atomic E-state index is 0.00869. The fourth-order valence-corrected chi connectivity index (χ4v) is 2.97. The van der Waals surface area contributed by atoms with Gasteiger partial charge < -0.3 is 19.3 Å². The molecule has 0 aromatic carbocycles. The predicted octanol–water partition coefficient (Wildman–Crippen LogP) is 2.08. The van der Waals surface area contributed by atoms with Crippen molar-refractivity contribution in [3.05, 3.63) is 29.4 Å². The molecule has 0 radical (unpaired) electrons. The van der Waals surface area contributed by atoms with Crippen molar-refractivity contribution >= 4 is 17.2 Å². The summed E-state index contributed by atoms with van der Waals surface area (Å²) in [7, 11) is 0. The van der Waals surface area contributed by atoms with E-state index in [4.69, 9.17) is 14.0 Å². The Hall–Kier alpha value is -2.36. The molecule has 3 aromatic rings. The van der Waals surface area contributed by atoms with Gasteiger partial charge in [-0.3, -0.25) is 0 Å². The molecular formula is C15H15N5O3S. The van der Waals surface area contributed by atoms with E-state index in [0.717, 1.165) is 5.56 Å². The van der Waals surface area contributed by atoms with E-state index < -0.39 is 0 Å². The molecule has 1 fully saturated rings. The van der Waals surface area contributed by atoms with Gasteiger partial charge in [-0.2, -0.15) is 16.3 Å². The van der Waals surface area contributed by atoms with E-state index >= 15 is 0 Å². The number of ether oxygens (including phenoxy) is 2. The maximum atomic E-state index is 5.62. The topological polar surface area (TPSA) is 95.2 Å². The maximum Gasteiger partial charge on any atom is 0.263 e. The molecule has 0 unspecified atom stereocenters. The zero-order chi connectivity index (χ0) is 16.2. The molecule has 9 heteroatoms. The molecule has 1 N–H and O–H groups in total. The zero-order valence-corrected chi connectivity index (χ0v) is 13.5. The summed E-state index contributed by atoms with van der Waals surface area (Å²) >= 11 is 1.58. The first-order chi connectivity index (χ1) is 11.9. The van der Waals surface area contributed by atoms with Gasteiger partial charge in [0.1, 0.15) is 17.7 Å². The lowest BCUT2D eigenvalue weighted by atomic mass is 10.2. The minimum Gasteiger partial charge on any atom is -0.376 e. The first-order valence-electron chi connectivity index (χ1n) is 7.50. The van der Waals surface area contributed by atoms with Gasteiger partial charge in [0.15, 0.2) is 0 Å². The lowest BCUT2D eigenvalue weighted by Gasteiger charge is -2.23. The fraction of sp³-hybridized carbons (Fsp3) is 0.333. The zero-order valence-electron chi connectivity index (χ0n) is 12.7. The third kappa shape index (κ3) is 3.28. The number of hydrogen-bond acceptors (Lipinski definition) is 9. The summed E-state index contributed by atoms with van der Waals surface area (Å²) in [5.74, 6) is 1.55. The Kier molecular flexibility index (Phi) is 4.45. The average Bonchev–Trinajstić information content (AvgIpc) is 3.32. The lowest BCUT2D eigenvalue weighted by molar-refractivity contribution is -0.0819. The molecule has 1 aliphatic rings. The Morgan fingerprint density at radius 1 is 1.33 bits per heavy atom. The summed E-state index contributed by atoms with van der Waals surface area (Å²) in [4.78, 5) is 12.8. The largest absolute Gasteiger partial charge is 0.376 e. The van der Waals surface area contributed by atoms with Crippen molar-refractivity contribution in [1.82, 2.24) is 20.1 Å². The number of nitrogens with one attached hydrogen (secondary N) is 1. The molecule has 24 heavy (non-hydrogen) atoms. The standard InChI is InChI=1S/C15H15N5O3S/c1-4-24-8-10(1)13-19-15(23-20-13)12-6-16-9-18-14(12)17-5-11-7-21-2-3-22-11/h1,4,6,8-9,11H,2-3,5,7H2,(H,16,17,18)/t11-/m0/s1. The molecule has 1 atom stereocenters. The summed E-state index contributed by atoms with van der Waals surface area (Å²) in [6.45, 7) is 2.39. The number of anilines is 1. The highest BCUT2D eigenvalue weighted by Gasteiger charge is 2.18. The Balaban J connectivity index is 1.53. The normalized spacial score (nSPS) is 17.8. The molecule has 1 aliphatic heterocycles. The third-order valence-corrected chi connectivity index (χ3v) is 4.21. The summed E-state index contributed by atoms with van der Waals surface area (Å²) < 4.78 is 16.4. The van der Waals surface area contributed by atoms with Crippen molar-refractivity contribution in [2.45, 2.75) is 6.10 Å². The van der Waals surface area contributed by atoms with Crippen LogP contribution in [-0.4, -0.2) is 52.6 Å². The highest BCUT2D eigenvalue weighted by Crippen LogP contribution is 2.27. The molecule has 1 saturated heterocycles. The lowest BCUT2D eigenvalue weighted by Crippen LogP contribution is -2.34. The van der Waals surface area contributed by atoms with E-state index in [1.54, 1.807) is 17.5 Å². The smallest absolute Gasteiger partial charge is 0.263 e. The summed E-state index contributed by atoms with van der Waals surface area (Å²) in [5.41, 5.74) is 1.58. The molecule has 3 aromatic heterocycles. The quantitative estimate of drug-likeness (QED) is 0.751.